The van der Waals surface area contributed by atoms with E-state index in [-0.39, 0.29) is 11.8 Å². The number of hydrogen-bond donors (Lipinski definition) is 3. The highest BCUT2D eigenvalue weighted by Gasteiger charge is 2.22. The molecule has 0 spiro atoms. The molecule has 0 aromatic heterocycles. The first-order valence-electron chi connectivity index (χ1n) is 7.49. The summed E-state index contributed by atoms with van der Waals surface area (Å²) in [5.41, 5.74) is 1.80. The van der Waals surface area contributed by atoms with Crippen LogP contribution in [0.3, 0.4) is 0 Å². The number of benzene rings is 1. The molecule has 5 heteroatoms. The Morgan fingerprint density at radius 2 is 2.05 bits per heavy atom. The van der Waals surface area contributed by atoms with Crippen LogP contribution < -0.4 is 10.6 Å². The normalized spacial score (nSPS) is 18.7. The van der Waals surface area contributed by atoms with Crippen LogP contribution in [0.4, 0.5) is 0 Å². The fraction of sp³-hybridized carbons (Fsp3) is 0.500. The second kappa shape index (κ2) is 8.08. The van der Waals surface area contributed by atoms with Crippen molar-refractivity contribution in [2.45, 2.75) is 38.1 Å². The summed E-state index contributed by atoms with van der Waals surface area (Å²) in [7, 11) is 0. The zero-order chi connectivity index (χ0) is 15.1. The van der Waals surface area contributed by atoms with Crippen molar-refractivity contribution >= 4 is 24.4 Å². The molecule has 1 fully saturated rings. The highest BCUT2D eigenvalue weighted by atomic mass is 32.1. The average molecular weight is 306 g/mol. The Hall–Kier alpha value is -1.49. The van der Waals surface area contributed by atoms with Gasteiger partial charge in [-0.05, 0) is 55.6 Å². The molecule has 1 heterocycles. The van der Waals surface area contributed by atoms with E-state index in [0.29, 0.717) is 18.5 Å². The third-order valence-electron chi connectivity index (χ3n) is 3.68. The molecule has 1 saturated heterocycles. The zero-order valence-corrected chi connectivity index (χ0v) is 13.0. The molecule has 2 N–H and O–H groups in total. The lowest BCUT2D eigenvalue weighted by Crippen LogP contribution is -2.45. The number of nitrogens with one attached hydrogen (secondary N) is 2. The molecule has 1 aromatic rings. The van der Waals surface area contributed by atoms with Gasteiger partial charge in [0.05, 0.1) is 0 Å². The summed E-state index contributed by atoms with van der Waals surface area (Å²) in [5, 5.41) is 5.65. The standard InChI is InChI=1S/C16H22N2O2S/c19-15(18-14-5-1-2-10-17-16(14)20)13-8-6-12(7-9-13)4-3-11-21/h6-9,14,21H,1-5,10-11H2,(H,17,20)(H,18,19). The number of rotatable bonds is 5. The number of hydrogen-bond acceptors (Lipinski definition) is 3. The molecule has 1 aliphatic rings. The van der Waals surface area contributed by atoms with Gasteiger partial charge in [-0.1, -0.05) is 12.1 Å². The highest BCUT2D eigenvalue weighted by Crippen LogP contribution is 2.10. The van der Waals surface area contributed by atoms with Crippen molar-refractivity contribution in [2.75, 3.05) is 12.3 Å². The molecule has 21 heavy (non-hydrogen) atoms. The van der Waals surface area contributed by atoms with E-state index in [2.05, 4.69) is 23.3 Å². The van der Waals surface area contributed by atoms with E-state index >= 15 is 0 Å². The Balaban J connectivity index is 1.94. The van der Waals surface area contributed by atoms with Crippen molar-refractivity contribution in [2.24, 2.45) is 0 Å². The molecule has 1 aliphatic heterocycles. The quantitative estimate of drug-likeness (QED) is 0.728. The van der Waals surface area contributed by atoms with Gasteiger partial charge in [0, 0.05) is 12.1 Å². The summed E-state index contributed by atoms with van der Waals surface area (Å²) in [4.78, 5) is 24.0. The van der Waals surface area contributed by atoms with Crippen LogP contribution in [-0.4, -0.2) is 30.2 Å². The zero-order valence-electron chi connectivity index (χ0n) is 12.1. The summed E-state index contributed by atoms with van der Waals surface area (Å²) < 4.78 is 0. The summed E-state index contributed by atoms with van der Waals surface area (Å²) in [6.07, 6.45) is 4.62. The van der Waals surface area contributed by atoms with Gasteiger partial charge in [0.15, 0.2) is 0 Å². The van der Waals surface area contributed by atoms with Crippen molar-refractivity contribution < 1.29 is 9.59 Å². The van der Waals surface area contributed by atoms with Crippen LogP contribution in [0.2, 0.25) is 0 Å². The van der Waals surface area contributed by atoms with E-state index < -0.39 is 6.04 Å². The first kappa shape index (κ1) is 15.9. The molecule has 2 rings (SSSR count). The van der Waals surface area contributed by atoms with Gasteiger partial charge < -0.3 is 10.6 Å². The van der Waals surface area contributed by atoms with Crippen LogP contribution in [0.25, 0.3) is 0 Å². The van der Waals surface area contributed by atoms with E-state index in [1.165, 1.54) is 5.56 Å². The predicted molar refractivity (Wildman–Crippen MR) is 86.7 cm³/mol. The maximum absolute atomic E-state index is 12.2. The lowest BCUT2D eigenvalue weighted by Gasteiger charge is -2.15. The summed E-state index contributed by atoms with van der Waals surface area (Å²) in [5.74, 6) is 0.600. The Morgan fingerprint density at radius 1 is 1.29 bits per heavy atom. The Bertz CT molecular complexity index is 488. The third-order valence-corrected chi connectivity index (χ3v) is 4.00. The van der Waals surface area contributed by atoms with Crippen molar-refractivity contribution in [3.8, 4) is 0 Å². The van der Waals surface area contributed by atoms with Gasteiger partial charge in [0.1, 0.15) is 6.04 Å². The average Bonchev–Trinajstić information content (AvgIpc) is 2.70. The third kappa shape index (κ3) is 4.77. The summed E-state index contributed by atoms with van der Waals surface area (Å²) in [6.45, 7) is 0.699. The van der Waals surface area contributed by atoms with Crippen LogP contribution >= 0.6 is 12.6 Å². The fourth-order valence-electron chi connectivity index (χ4n) is 2.42. The number of thiol groups is 1. The molecule has 1 aromatic carbocycles. The Labute approximate surface area is 131 Å². The second-order valence-electron chi connectivity index (χ2n) is 5.34. The molecular weight excluding hydrogens is 284 g/mol. The van der Waals surface area contributed by atoms with E-state index in [1.807, 2.05) is 24.3 Å². The van der Waals surface area contributed by atoms with Crippen LogP contribution in [0.5, 0.6) is 0 Å². The molecule has 0 bridgehead atoms. The minimum atomic E-state index is -0.413. The van der Waals surface area contributed by atoms with Crippen molar-refractivity contribution in [1.82, 2.24) is 10.6 Å². The van der Waals surface area contributed by atoms with Crippen LogP contribution in [0.1, 0.15) is 41.6 Å². The second-order valence-corrected chi connectivity index (χ2v) is 5.78. The van der Waals surface area contributed by atoms with E-state index in [0.717, 1.165) is 31.4 Å². The van der Waals surface area contributed by atoms with Gasteiger partial charge in [-0.25, -0.2) is 0 Å². The number of carbonyl (C=O) groups is 2. The minimum Gasteiger partial charge on any atom is -0.354 e. The number of aryl methyl sites for hydroxylation is 1. The number of amides is 2. The molecule has 0 saturated carbocycles. The Kier molecular flexibility index (Phi) is 6.11. The van der Waals surface area contributed by atoms with E-state index in [9.17, 15) is 9.59 Å². The van der Waals surface area contributed by atoms with Crippen LogP contribution in [-0.2, 0) is 11.2 Å². The van der Waals surface area contributed by atoms with Gasteiger partial charge in [-0.3, -0.25) is 9.59 Å². The maximum atomic E-state index is 12.2. The SMILES string of the molecule is O=C(NC1CCCCNC1=O)c1ccc(CCCS)cc1. The van der Waals surface area contributed by atoms with E-state index in [1.54, 1.807) is 0 Å². The number of carbonyl (C=O) groups excluding carboxylic acids is 2. The highest BCUT2D eigenvalue weighted by molar-refractivity contribution is 7.80. The van der Waals surface area contributed by atoms with Crippen molar-refractivity contribution in [3.63, 3.8) is 0 Å². The predicted octanol–water partition coefficient (Wildman–Crippen LogP) is 1.95. The minimum absolute atomic E-state index is 0.0775. The fourth-order valence-corrected chi connectivity index (χ4v) is 2.58. The lowest BCUT2D eigenvalue weighted by atomic mass is 10.1. The first-order chi connectivity index (χ1) is 10.2. The van der Waals surface area contributed by atoms with Crippen LogP contribution in [0, 0.1) is 0 Å². The molecule has 4 nitrogen and oxygen atoms in total. The molecule has 0 aliphatic carbocycles. The topological polar surface area (TPSA) is 58.2 Å². The monoisotopic (exact) mass is 306 g/mol. The summed E-state index contributed by atoms with van der Waals surface area (Å²) >= 11 is 4.19. The maximum Gasteiger partial charge on any atom is 0.251 e. The van der Waals surface area contributed by atoms with Gasteiger partial charge in [-0.15, -0.1) is 0 Å². The molecule has 0 radical (unpaired) electrons. The molecular formula is C16H22N2O2S. The van der Waals surface area contributed by atoms with Crippen LogP contribution in [0.15, 0.2) is 24.3 Å². The van der Waals surface area contributed by atoms with Gasteiger partial charge in [-0.2, -0.15) is 12.6 Å². The Morgan fingerprint density at radius 3 is 2.76 bits per heavy atom. The van der Waals surface area contributed by atoms with Crippen molar-refractivity contribution in [3.05, 3.63) is 35.4 Å². The van der Waals surface area contributed by atoms with Gasteiger partial charge in [0.2, 0.25) is 5.91 Å². The first-order valence-corrected chi connectivity index (χ1v) is 8.12. The molecule has 114 valence electrons. The molecule has 2 amide bonds. The van der Waals surface area contributed by atoms with E-state index in [4.69, 9.17) is 0 Å². The summed E-state index contributed by atoms with van der Waals surface area (Å²) in [6, 6.07) is 7.15. The van der Waals surface area contributed by atoms with Gasteiger partial charge >= 0.3 is 0 Å². The lowest BCUT2D eigenvalue weighted by molar-refractivity contribution is -0.122. The molecule has 1 atom stereocenters. The molecule has 1 unspecified atom stereocenters. The smallest absolute Gasteiger partial charge is 0.251 e. The van der Waals surface area contributed by atoms with Crippen molar-refractivity contribution in [1.29, 1.82) is 0 Å². The van der Waals surface area contributed by atoms with Gasteiger partial charge in [0.25, 0.3) is 5.91 Å². The largest absolute Gasteiger partial charge is 0.354 e.